The van der Waals surface area contributed by atoms with Crippen molar-refractivity contribution in [2.24, 2.45) is 0 Å². The van der Waals surface area contributed by atoms with Crippen molar-refractivity contribution >= 4 is 18.3 Å². The highest BCUT2D eigenvalue weighted by Crippen LogP contribution is 2.30. The van der Waals surface area contributed by atoms with Crippen LogP contribution in [-0.2, 0) is 0 Å². The Bertz CT molecular complexity index is 459. The fourth-order valence-electron chi connectivity index (χ4n) is 1.14. The summed E-state index contributed by atoms with van der Waals surface area (Å²) in [5, 5.41) is 0. The second-order valence-corrected chi connectivity index (χ2v) is 3.41. The monoisotopic (exact) mass is 218 g/mol. The van der Waals surface area contributed by atoms with Gasteiger partial charge in [-0.3, -0.25) is 0 Å². The van der Waals surface area contributed by atoms with Gasteiger partial charge in [0.15, 0.2) is 0 Å². The summed E-state index contributed by atoms with van der Waals surface area (Å²) < 4.78 is 5.52. The van der Waals surface area contributed by atoms with Crippen LogP contribution in [-0.4, -0.2) is 4.98 Å². The first-order valence-corrected chi connectivity index (χ1v) is 4.88. The van der Waals surface area contributed by atoms with Crippen LogP contribution in [0.4, 0.5) is 5.69 Å². The summed E-state index contributed by atoms with van der Waals surface area (Å²) in [5.74, 6) is 1.13. The molecule has 0 atom stereocenters. The first kappa shape index (κ1) is 9.86. The molecule has 0 saturated carbocycles. The van der Waals surface area contributed by atoms with Crippen molar-refractivity contribution in [3.8, 4) is 11.6 Å². The molecule has 1 heterocycles. The number of hydrogen-bond acceptors (Lipinski definition) is 4. The molecule has 1 aromatic heterocycles. The van der Waals surface area contributed by atoms with Crippen molar-refractivity contribution in [2.75, 3.05) is 5.73 Å². The van der Waals surface area contributed by atoms with Crippen molar-refractivity contribution in [3.63, 3.8) is 0 Å². The van der Waals surface area contributed by atoms with E-state index in [1.165, 1.54) is 0 Å². The molecule has 2 aromatic rings. The van der Waals surface area contributed by atoms with Crippen LogP contribution in [0.5, 0.6) is 11.6 Å². The Morgan fingerprint density at radius 1 is 1.13 bits per heavy atom. The molecule has 3 nitrogen and oxygen atoms in total. The highest BCUT2D eigenvalue weighted by Gasteiger charge is 2.04. The van der Waals surface area contributed by atoms with Gasteiger partial charge in [-0.05, 0) is 18.2 Å². The number of anilines is 1. The summed E-state index contributed by atoms with van der Waals surface area (Å²) in [6.07, 6.45) is 1.67. The maximum Gasteiger partial charge on any atom is 0.219 e. The molecule has 76 valence electrons. The number of nitrogen functional groups attached to an aromatic ring is 1. The lowest BCUT2D eigenvalue weighted by Crippen LogP contribution is -1.92. The fourth-order valence-corrected chi connectivity index (χ4v) is 1.34. The number of nitrogens with zero attached hydrogens (tertiary/aromatic N) is 1. The molecule has 0 aliphatic heterocycles. The lowest BCUT2D eigenvalue weighted by atomic mass is 10.3. The van der Waals surface area contributed by atoms with E-state index in [9.17, 15) is 0 Å². The van der Waals surface area contributed by atoms with Crippen LogP contribution in [0.2, 0.25) is 0 Å². The van der Waals surface area contributed by atoms with E-state index in [4.69, 9.17) is 10.5 Å². The van der Waals surface area contributed by atoms with Crippen molar-refractivity contribution < 1.29 is 4.74 Å². The fraction of sp³-hybridized carbons (Fsp3) is 0. The van der Waals surface area contributed by atoms with E-state index in [-0.39, 0.29) is 0 Å². The van der Waals surface area contributed by atoms with Crippen molar-refractivity contribution in [2.45, 2.75) is 4.90 Å². The van der Waals surface area contributed by atoms with Crippen molar-refractivity contribution in [1.29, 1.82) is 0 Å². The second-order valence-electron chi connectivity index (χ2n) is 2.96. The van der Waals surface area contributed by atoms with Gasteiger partial charge in [-0.15, -0.1) is 12.6 Å². The molecular formula is C11H10N2OS. The molecule has 0 spiro atoms. The van der Waals surface area contributed by atoms with Crippen LogP contribution in [0, 0.1) is 0 Å². The first-order chi connectivity index (χ1) is 7.27. The first-order valence-electron chi connectivity index (χ1n) is 4.44. The van der Waals surface area contributed by atoms with Crippen LogP contribution in [0.15, 0.2) is 47.5 Å². The maximum absolute atomic E-state index is 5.70. The largest absolute Gasteiger partial charge is 0.438 e. The van der Waals surface area contributed by atoms with Gasteiger partial charge < -0.3 is 10.5 Å². The zero-order chi connectivity index (χ0) is 10.7. The van der Waals surface area contributed by atoms with Crippen molar-refractivity contribution in [1.82, 2.24) is 4.98 Å². The Morgan fingerprint density at radius 3 is 2.73 bits per heavy atom. The molecule has 0 amide bonds. The number of benzene rings is 1. The summed E-state index contributed by atoms with van der Waals surface area (Å²) in [7, 11) is 0. The standard InChI is InChI=1S/C11H10N2OS/c12-8-4-3-5-9(11(8)15)14-10-6-1-2-7-13-10/h1-7,15H,12H2. The molecule has 2 N–H and O–H groups in total. The molecule has 0 bridgehead atoms. The minimum Gasteiger partial charge on any atom is -0.438 e. The van der Waals surface area contributed by atoms with Gasteiger partial charge in [0.25, 0.3) is 0 Å². The zero-order valence-electron chi connectivity index (χ0n) is 7.92. The Labute approximate surface area is 93.3 Å². The molecule has 4 heteroatoms. The normalized spacial score (nSPS) is 9.93. The Balaban J connectivity index is 2.29. The van der Waals surface area contributed by atoms with Gasteiger partial charge in [-0.25, -0.2) is 4.98 Å². The van der Waals surface area contributed by atoms with Crippen LogP contribution >= 0.6 is 12.6 Å². The predicted octanol–water partition coefficient (Wildman–Crippen LogP) is 2.74. The Hall–Kier alpha value is -1.68. The minimum absolute atomic E-state index is 0.526. The van der Waals surface area contributed by atoms with E-state index >= 15 is 0 Å². The van der Waals surface area contributed by atoms with E-state index in [0.29, 0.717) is 22.2 Å². The second kappa shape index (κ2) is 4.23. The van der Waals surface area contributed by atoms with Crippen LogP contribution in [0.25, 0.3) is 0 Å². The van der Waals surface area contributed by atoms with E-state index in [1.807, 2.05) is 18.2 Å². The highest BCUT2D eigenvalue weighted by atomic mass is 32.1. The number of aromatic nitrogens is 1. The minimum atomic E-state index is 0.526. The van der Waals surface area contributed by atoms with Gasteiger partial charge in [0.2, 0.25) is 5.88 Å². The average Bonchev–Trinajstić information content (AvgIpc) is 2.26. The van der Waals surface area contributed by atoms with Gasteiger partial charge in [0.1, 0.15) is 5.75 Å². The van der Waals surface area contributed by atoms with Crippen LogP contribution in [0.3, 0.4) is 0 Å². The molecule has 0 aliphatic rings. The smallest absolute Gasteiger partial charge is 0.219 e. The number of pyridine rings is 1. The summed E-state index contributed by atoms with van der Waals surface area (Å²) in [6, 6.07) is 10.8. The van der Waals surface area contributed by atoms with E-state index in [1.54, 1.807) is 24.4 Å². The molecule has 1 aromatic carbocycles. The van der Waals surface area contributed by atoms with E-state index in [2.05, 4.69) is 17.6 Å². The lowest BCUT2D eigenvalue weighted by Gasteiger charge is -2.08. The van der Waals surface area contributed by atoms with Gasteiger partial charge in [-0.1, -0.05) is 12.1 Å². The molecule has 2 rings (SSSR count). The summed E-state index contributed by atoms with van der Waals surface area (Å²) >= 11 is 4.26. The molecular weight excluding hydrogens is 208 g/mol. The Kier molecular flexibility index (Phi) is 2.78. The van der Waals surface area contributed by atoms with E-state index < -0.39 is 0 Å². The molecule has 0 radical (unpaired) electrons. The third kappa shape index (κ3) is 2.22. The number of thiol groups is 1. The topological polar surface area (TPSA) is 48.1 Å². The lowest BCUT2D eigenvalue weighted by molar-refractivity contribution is 0.453. The van der Waals surface area contributed by atoms with Crippen LogP contribution in [0.1, 0.15) is 0 Å². The zero-order valence-corrected chi connectivity index (χ0v) is 8.82. The van der Waals surface area contributed by atoms with E-state index in [0.717, 1.165) is 0 Å². The number of rotatable bonds is 2. The molecule has 15 heavy (non-hydrogen) atoms. The third-order valence-electron chi connectivity index (χ3n) is 1.88. The average molecular weight is 218 g/mol. The summed E-state index contributed by atoms with van der Waals surface area (Å²) in [4.78, 5) is 4.68. The Morgan fingerprint density at radius 2 is 2.00 bits per heavy atom. The maximum atomic E-state index is 5.70. The quantitative estimate of drug-likeness (QED) is 0.602. The van der Waals surface area contributed by atoms with Gasteiger partial charge in [0.05, 0.1) is 4.90 Å². The third-order valence-corrected chi connectivity index (χ3v) is 2.36. The van der Waals surface area contributed by atoms with Crippen molar-refractivity contribution in [3.05, 3.63) is 42.6 Å². The highest BCUT2D eigenvalue weighted by molar-refractivity contribution is 7.80. The van der Waals surface area contributed by atoms with Gasteiger partial charge in [0, 0.05) is 18.0 Å². The number of ether oxygens (including phenoxy) is 1. The number of hydrogen-bond donors (Lipinski definition) is 2. The predicted molar refractivity (Wildman–Crippen MR) is 62.4 cm³/mol. The number of nitrogens with two attached hydrogens (primary N) is 1. The summed E-state index contributed by atoms with van der Waals surface area (Å²) in [5.41, 5.74) is 6.29. The summed E-state index contributed by atoms with van der Waals surface area (Å²) in [6.45, 7) is 0. The van der Waals surface area contributed by atoms with Gasteiger partial charge >= 0.3 is 0 Å². The SMILES string of the molecule is Nc1cccc(Oc2ccccn2)c1S. The van der Waals surface area contributed by atoms with Crippen LogP contribution < -0.4 is 10.5 Å². The van der Waals surface area contributed by atoms with Gasteiger partial charge in [-0.2, -0.15) is 0 Å². The molecule has 0 saturated heterocycles. The molecule has 0 unspecified atom stereocenters. The molecule has 0 aliphatic carbocycles. The molecule has 0 fully saturated rings.